The zero-order valence-electron chi connectivity index (χ0n) is 12.5. The number of alkyl halides is 2. The fourth-order valence-electron chi connectivity index (χ4n) is 3.01. The fraction of sp³-hybridized carbons (Fsp3) is 0.278. The fourth-order valence-corrected chi connectivity index (χ4v) is 3.01. The molecule has 0 aromatic heterocycles. The molecule has 0 spiro atoms. The van der Waals surface area contributed by atoms with E-state index in [1.807, 2.05) is 24.3 Å². The summed E-state index contributed by atoms with van der Waals surface area (Å²) in [6.45, 7) is -2.93. The number of hydrogen-bond donors (Lipinski definition) is 1. The number of anilines is 1. The van der Waals surface area contributed by atoms with Gasteiger partial charge in [-0.25, -0.2) is 0 Å². The third-order valence-corrected chi connectivity index (χ3v) is 4.05. The molecule has 120 valence electrons. The van der Waals surface area contributed by atoms with Gasteiger partial charge in [-0.05, 0) is 42.5 Å². The Balaban J connectivity index is 1.81. The number of amides is 1. The Hall–Kier alpha value is -2.43. The topological polar surface area (TPSA) is 38.3 Å². The Morgan fingerprint density at radius 3 is 2.70 bits per heavy atom. The largest absolute Gasteiger partial charge is 0.433 e. The number of aryl methyl sites for hydroxylation is 1. The molecule has 0 aliphatic heterocycles. The van der Waals surface area contributed by atoms with Crippen LogP contribution in [-0.4, -0.2) is 12.5 Å². The van der Waals surface area contributed by atoms with Gasteiger partial charge in [0.15, 0.2) is 0 Å². The molecule has 1 N–H and O–H groups in total. The van der Waals surface area contributed by atoms with Gasteiger partial charge in [0, 0.05) is 0 Å². The maximum atomic E-state index is 12.6. The molecule has 0 fully saturated rings. The Bertz CT molecular complexity index is 703. The van der Waals surface area contributed by atoms with Crippen LogP contribution in [-0.2, 0) is 11.2 Å². The second-order valence-electron chi connectivity index (χ2n) is 5.51. The summed E-state index contributed by atoms with van der Waals surface area (Å²) in [6.07, 6.45) is 2.65. The lowest BCUT2D eigenvalue weighted by Crippen LogP contribution is -2.25. The molecule has 1 amide bonds. The summed E-state index contributed by atoms with van der Waals surface area (Å²) in [5, 5.41) is 2.73. The molecule has 23 heavy (non-hydrogen) atoms. The van der Waals surface area contributed by atoms with E-state index in [0.29, 0.717) is 0 Å². The van der Waals surface area contributed by atoms with Crippen molar-refractivity contribution in [2.75, 3.05) is 5.32 Å². The van der Waals surface area contributed by atoms with Crippen LogP contribution in [0.15, 0.2) is 48.5 Å². The molecule has 3 nitrogen and oxygen atoms in total. The first-order valence-corrected chi connectivity index (χ1v) is 7.57. The van der Waals surface area contributed by atoms with Crippen LogP contribution < -0.4 is 10.1 Å². The van der Waals surface area contributed by atoms with Gasteiger partial charge in [0.1, 0.15) is 5.75 Å². The highest BCUT2D eigenvalue weighted by atomic mass is 19.3. The van der Waals surface area contributed by atoms with Crippen LogP contribution >= 0.6 is 0 Å². The number of ether oxygens (including phenoxy) is 1. The summed E-state index contributed by atoms with van der Waals surface area (Å²) in [5.41, 5.74) is 2.46. The molecule has 5 heteroatoms. The predicted molar refractivity (Wildman–Crippen MR) is 83.8 cm³/mol. The molecule has 3 rings (SSSR count). The van der Waals surface area contributed by atoms with E-state index in [4.69, 9.17) is 0 Å². The molecule has 0 saturated carbocycles. The maximum Gasteiger partial charge on any atom is 0.387 e. The van der Waals surface area contributed by atoms with Gasteiger partial charge in [0.2, 0.25) is 5.91 Å². The molecule has 1 aliphatic carbocycles. The van der Waals surface area contributed by atoms with Gasteiger partial charge in [-0.1, -0.05) is 36.4 Å². The number of carbonyl (C=O) groups excluding carboxylic acids is 1. The van der Waals surface area contributed by atoms with Gasteiger partial charge in [-0.15, -0.1) is 0 Å². The van der Waals surface area contributed by atoms with Crippen LogP contribution in [0.25, 0.3) is 0 Å². The third-order valence-electron chi connectivity index (χ3n) is 4.05. The van der Waals surface area contributed by atoms with Gasteiger partial charge in [0.05, 0.1) is 11.6 Å². The first-order chi connectivity index (χ1) is 11.1. The number of rotatable bonds is 4. The number of benzene rings is 2. The zero-order chi connectivity index (χ0) is 16.2. The molecule has 0 saturated heterocycles. The normalized spacial score (nSPS) is 16.7. The van der Waals surface area contributed by atoms with Crippen LogP contribution in [0.1, 0.15) is 29.9 Å². The minimum atomic E-state index is -2.93. The van der Waals surface area contributed by atoms with Crippen molar-refractivity contribution in [3.05, 3.63) is 59.7 Å². The van der Waals surface area contributed by atoms with E-state index in [1.165, 1.54) is 11.6 Å². The number of carbonyl (C=O) groups is 1. The van der Waals surface area contributed by atoms with Crippen molar-refractivity contribution in [2.45, 2.75) is 31.8 Å². The number of nitrogens with one attached hydrogen (secondary N) is 1. The Labute approximate surface area is 133 Å². The molecular formula is C18H17F2NO2. The first kappa shape index (κ1) is 15.5. The molecule has 1 aliphatic rings. The second-order valence-corrected chi connectivity index (χ2v) is 5.51. The van der Waals surface area contributed by atoms with Crippen molar-refractivity contribution in [1.29, 1.82) is 0 Å². The Morgan fingerprint density at radius 1 is 1.13 bits per heavy atom. The van der Waals surface area contributed by atoms with E-state index in [2.05, 4.69) is 10.1 Å². The lowest BCUT2D eigenvalue weighted by molar-refractivity contribution is -0.118. The molecule has 0 radical (unpaired) electrons. The van der Waals surface area contributed by atoms with E-state index in [1.54, 1.807) is 18.2 Å². The molecule has 0 heterocycles. The molecular weight excluding hydrogens is 300 g/mol. The average Bonchev–Trinajstić information content (AvgIpc) is 2.55. The van der Waals surface area contributed by atoms with Crippen molar-refractivity contribution < 1.29 is 18.3 Å². The zero-order valence-corrected chi connectivity index (χ0v) is 12.5. The minimum Gasteiger partial charge on any atom is -0.433 e. The Morgan fingerprint density at radius 2 is 1.87 bits per heavy atom. The van der Waals surface area contributed by atoms with Crippen LogP contribution in [0.5, 0.6) is 5.75 Å². The monoisotopic (exact) mass is 317 g/mol. The van der Waals surface area contributed by atoms with Gasteiger partial charge in [-0.3, -0.25) is 4.79 Å². The lowest BCUT2D eigenvalue weighted by atomic mass is 9.82. The number of hydrogen-bond acceptors (Lipinski definition) is 2. The second kappa shape index (κ2) is 6.77. The van der Waals surface area contributed by atoms with Gasteiger partial charge < -0.3 is 10.1 Å². The van der Waals surface area contributed by atoms with Crippen LogP contribution in [0, 0.1) is 0 Å². The average molecular weight is 317 g/mol. The van der Waals surface area contributed by atoms with E-state index < -0.39 is 6.61 Å². The SMILES string of the molecule is O=C(Nc1ccccc1OC(F)F)C1CCCc2ccccc21. The van der Waals surface area contributed by atoms with Crippen LogP contribution in [0.4, 0.5) is 14.5 Å². The molecule has 1 unspecified atom stereocenters. The van der Waals surface area contributed by atoms with E-state index in [0.717, 1.165) is 24.8 Å². The van der Waals surface area contributed by atoms with Crippen molar-refractivity contribution in [2.24, 2.45) is 0 Å². The van der Waals surface area contributed by atoms with Crippen LogP contribution in [0.3, 0.4) is 0 Å². The van der Waals surface area contributed by atoms with Crippen molar-refractivity contribution >= 4 is 11.6 Å². The van der Waals surface area contributed by atoms with E-state index in [9.17, 15) is 13.6 Å². The highest BCUT2D eigenvalue weighted by Gasteiger charge is 2.26. The number of halogens is 2. The van der Waals surface area contributed by atoms with E-state index in [-0.39, 0.29) is 23.3 Å². The molecule has 0 bridgehead atoms. The Kier molecular flexibility index (Phi) is 4.55. The lowest BCUT2D eigenvalue weighted by Gasteiger charge is -2.25. The summed E-state index contributed by atoms with van der Waals surface area (Å²) >= 11 is 0. The highest BCUT2D eigenvalue weighted by molar-refractivity contribution is 5.97. The number of fused-ring (bicyclic) bond motifs is 1. The summed E-state index contributed by atoms with van der Waals surface area (Å²) in [7, 11) is 0. The van der Waals surface area contributed by atoms with Gasteiger partial charge in [0.25, 0.3) is 0 Å². The van der Waals surface area contributed by atoms with Gasteiger partial charge in [-0.2, -0.15) is 8.78 Å². The van der Waals surface area contributed by atoms with E-state index >= 15 is 0 Å². The quantitative estimate of drug-likeness (QED) is 0.910. The van der Waals surface area contributed by atoms with Crippen molar-refractivity contribution in [1.82, 2.24) is 0 Å². The summed E-state index contributed by atoms with van der Waals surface area (Å²) < 4.78 is 29.4. The van der Waals surface area contributed by atoms with Crippen LogP contribution in [0.2, 0.25) is 0 Å². The van der Waals surface area contributed by atoms with Gasteiger partial charge >= 0.3 is 6.61 Å². The number of para-hydroxylation sites is 2. The molecule has 1 atom stereocenters. The first-order valence-electron chi connectivity index (χ1n) is 7.57. The molecule has 2 aromatic carbocycles. The third kappa shape index (κ3) is 3.50. The predicted octanol–water partition coefficient (Wildman–Crippen LogP) is 4.35. The summed E-state index contributed by atoms with van der Waals surface area (Å²) in [5.74, 6) is -0.484. The molecule has 2 aromatic rings. The van der Waals surface area contributed by atoms with Crippen molar-refractivity contribution in [3.63, 3.8) is 0 Å². The summed E-state index contributed by atoms with van der Waals surface area (Å²) in [6, 6.07) is 14.1. The summed E-state index contributed by atoms with van der Waals surface area (Å²) in [4.78, 5) is 12.6. The highest BCUT2D eigenvalue weighted by Crippen LogP contribution is 2.33. The smallest absolute Gasteiger partial charge is 0.387 e. The minimum absolute atomic E-state index is 0.0278. The maximum absolute atomic E-state index is 12.6. The standard InChI is InChI=1S/C18H17F2NO2/c19-18(20)23-16-11-4-3-10-15(16)21-17(22)14-9-5-7-12-6-1-2-8-13(12)14/h1-4,6,8,10-11,14,18H,5,7,9H2,(H,21,22). The van der Waals surface area contributed by atoms with Crippen molar-refractivity contribution in [3.8, 4) is 5.75 Å².